The Kier molecular flexibility index (Phi) is 5.59. The van der Waals surface area contributed by atoms with Crippen molar-refractivity contribution in [2.24, 2.45) is 5.92 Å². The van der Waals surface area contributed by atoms with Gasteiger partial charge in [-0.25, -0.2) is 0 Å². The molecule has 1 saturated heterocycles. The standard InChI is InChI=1S/C20H26N2O4/c1-21(13-18(23)22-10-8-15(9-11-22)20(25)26)19(24)17-7-6-14-4-2-3-5-16(14)12-17/h6-7,12,15H,2-5,8-11,13H2,1H3,(H,25,26). The molecular formula is C20H26N2O4. The number of carboxylic acid groups (broad SMARTS) is 1. The van der Waals surface area contributed by atoms with Gasteiger partial charge in [-0.05, 0) is 61.8 Å². The fourth-order valence-electron chi connectivity index (χ4n) is 3.84. The summed E-state index contributed by atoms with van der Waals surface area (Å²) >= 11 is 0. The summed E-state index contributed by atoms with van der Waals surface area (Å²) < 4.78 is 0. The molecule has 1 heterocycles. The first-order chi connectivity index (χ1) is 12.5. The molecule has 0 spiro atoms. The number of likely N-dealkylation sites (tertiary alicyclic amines) is 1. The Labute approximate surface area is 153 Å². The Hall–Kier alpha value is -2.37. The second-order valence-electron chi connectivity index (χ2n) is 7.35. The molecule has 0 saturated carbocycles. The quantitative estimate of drug-likeness (QED) is 0.892. The van der Waals surface area contributed by atoms with Gasteiger partial charge in [-0.15, -0.1) is 0 Å². The third kappa shape index (κ3) is 4.06. The molecule has 2 amide bonds. The van der Waals surface area contributed by atoms with Crippen molar-refractivity contribution in [3.63, 3.8) is 0 Å². The second-order valence-corrected chi connectivity index (χ2v) is 7.35. The highest BCUT2D eigenvalue weighted by molar-refractivity contribution is 5.96. The molecule has 0 aromatic heterocycles. The number of fused-ring (bicyclic) bond motifs is 1. The van der Waals surface area contributed by atoms with Crippen molar-refractivity contribution in [1.29, 1.82) is 0 Å². The van der Waals surface area contributed by atoms with Gasteiger partial charge in [0.05, 0.1) is 12.5 Å². The van der Waals surface area contributed by atoms with Crippen LogP contribution >= 0.6 is 0 Å². The van der Waals surface area contributed by atoms with E-state index in [-0.39, 0.29) is 24.3 Å². The number of nitrogens with zero attached hydrogens (tertiary/aromatic N) is 2. The van der Waals surface area contributed by atoms with Crippen LogP contribution in [0.5, 0.6) is 0 Å². The molecule has 3 rings (SSSR count). The molecule has 6 heteroatoms. The molecule has 0 unspecified atom stereocenters. The molecule has 1 N–H and O–H groups in total. The van der Waals surface area contributed by atoms with Crippen LogP contribution in [0, 0.1) is 5.92 Å². The molecule has 1 aliphatic carbocycles. The average molecular weight is 358 g/mol. The highest BCUT2D eigenvalue weighted by Gasteiger charge is 2.28. The number of likely N-dealkylation sites (N-methyl/N-ethyl adjacent to an activating group) is 1. The molecule has 6 nitrogen and oxygen atoms in total. The largest absolute Gasteiger partial charge is 0.481 e. The Morgan fingerprint density at radius 3 is 2.42 bits per heavy atom. The lowest BCUT2D eigenvalue weighted by Crippen LogP contribution is -2.45. The van der Waals surface area contributed by atoms with Crippen LogP contribution in [0.3, 0.4) is 0 Å². The number of carbonyl (C=O) groups excluding carboxylic acids is 2. The molecule has 2 aliphatic rings. The number of aryl methyl sites for hydroxylation is 2. The van der Waals surface area contributed by atoms with E-state index in [1.807, 2.05) is 18.2 Å². The van der Waals surface area contributed by atoms with Gasteiger partial charge in [-0.3, -0.25) is 14.4 Å². The van der Waals surface area contributed by atoms with Gasteiger partial charge in [0.25, 0.3) is 5.91 Å². The van der Waals surface area contributed by atoms with Crippen LogP contribution in [0.2, 0.25) is 0 Å². The van der Waals surface area contributed by atoms with E-state index in [2.05, 4.69) is 0 Å². The first-order valence-corrected chi connectivity index (χ1v) is 9.33. The molecular weight excluding hydrogens is 332 g/mol. The number of rotatable bonds is 4. The molecule has 0 atom stereocenters. The van der Waals surface area contributed by atoms with E-state index in [0.29, 0.717) is 31.5 Å². The zero-order valence-electron chi connectivity index (χ0n) is 15.2. The predicted molar refractivity (Wildman–Crippen MR) is 97.0 cm³/mol. The second kappa shape index (κ2) is 7.89. The normalized spacial score (nSPS) is 17.5. The summed E-state index contributed by atoms with van der Waals surface area (Å²) in [6.07, 6.45) is 5.40. The van der Waals surface area contributed by atoms with Crippen LogP contribution in [-0.4, -0.2) is 59.4 Å². The van der Waals surface area contributed by atoms with Crippen molar-refractivity contribution in [1.82, 2.24) is 9.80 Å². The SMILES string of the molecule is CN(CC(=O)N1CCC(C(=O)O)CC1)C(=O)c1ccc2c(c1)CCCC2. The minimum atomic E-state index is -0.795. The topological polar surface area (TPSA) is 77.9 Å². The van der Waals surface area contributed by atoms with Crippen LogP contribution in [0.15, 0.2) is 18.2 Å². The summed E-state index contributed by atoms with van der Waals surface area (Å²) in [5, 5.41) is 9.04. The van der Waals surface area contributed by atoms with E-state index >= 15 is 0 Å². The van der Waals surface area contributed by atoms with Gasteiger partial charge >= 0.3 is 5.97 Å². The summed E-state index contributed by atoms with van der Waals surface area (Å²) in [5.74, 6) is -1.43. The highest BCUT2D eigenvalue weighted by atomic mass is 16.4. The van der Waals surface area contributed by atoms with E-state index < -0.39 is 5.97 Å². The summed E-state index contributed by atoms with van der Waals surface area (Å²) in [4.78, 5) is 39.2. The van der Waals surface area contributed by atoms with Gasteiger partial charge in [0, 0.05) is 25.7 Å². The van der Waals surface area contributed by atoms with E-state index in [1.54, 1.807) is 11.9 Å². The highest BCUT2D eigenvalue weighted by Crippen LogP contribution is 2.23. The Balaban J connectivity index is 1.57. The molecule has 1 fully saturated rings. The van der Waals surface area contributed by atoms with Crippen LogP contribution in [0.1, 0.15) is 47.2 Å². The van der Waals surface area contributed by atoms with Crippen LogP contribution in [0.4, 0.5) is 0 Å². The lowest BCUT2D eigenvalue weighted by molar-refractivity contribution is -0.145. The van der Waals surface area contributed by atoms with Gasteiger partial charge in [0.15, 0.2) is 0 Å². The number of aliphatic carboxylic acids is 1. The monoisotopic (exact) mass is 358 g/mol. The first kappa shape index (κ1) is 18.4. The van der Waals surface area contributed by atoms with Crippen LogP contribution in [-0.2, 0) is 22.4 Å². The van der Waals surface area contributed by atoms with Crippen LogP contribution in [0.25, 0.3) is 0 Å². The fourth-order valence-corrected chi connectivity index (χ4v) is 3.84. The number of amides is 2. The molecule has 1 aromatic carbocycles. The van der Waals surface area contributed by atoms with Gasteiger partial charge in [0.2, 0.25) is 5.91 Å². The summed E-state index contributed by atoms with van der Waals surface area (Å²) in [6, 6.07) is 5.86. The van der Waals surface area contributed by atoms with Gasteiger partial charge in [-0.2, -0.15) is 0 Å². The van der Waals surface area contributed by atoms with Gasteiger partial charge in [0.1, 0.15) is 0 Å². The zero-order valence-corrected chi connectivity index (χ0v) is 15.2. The maximum absolute atomic E-state index is 12.7. The molecule has 1 aromatic rings. The number of hydrogen-bond acceptors (Lipinski definition) is 3. The Bertz CT molecular complexity index is 708. The maximum atomic E-state index is 12.7. The summed E-state index contributed by atoms with van der Waals surface area (Å²) in [6.45, 7) is 0.904. The average Bonchev–Trinajstić information content (AvgIpc) is 2.67. The summed E-state index contributed by atoms with van der Waals surface area (Å²) in [5.41, 5.74) is 3.20. The number of carboxylic acids is 1. The maximum Gasteiger partial charge on any atom is 0.306 e. The van der Waals surface area contributed by atoms with E-state index in [0.717, 1.165) is 19.3 Å². The number of carbonyl (C=O) groups is 3. The van der Waals surface area contributed by atoms with Gasteiger partial charge in [-0.1, -0.05) is 6.07 Å². The molecule has 0 radical (unpaired) electrons. The number of piperidine rings is 1. The smallest absolute Gasteiger partial charge is 0.306 e. The minimum absolute atomic E-state index is 0.0215. The minimum Gasteiger partial charge on any atom is -0.481 e. The van der Waals surface area contributed by atoms with E-state index in [9.17, 15) is 14.4 Å². The summed E-state index contributed by atoms with van der Waals surface area (Å²) in [7, 11) is 1.64. The van der Waals surface area contributed by atoms with Crippen LogP contribution < -0.4 is 0 Å². The lowest BCUT2D eigenvalue weighted by atomic mass is 9.90. The first-order valence-electron chi connectivity index (χ1n) is 9.33. The Morgan fingerprint density at radius 1 is 1.12 bits per heavy atom. The molecule has 1 aliphatic heterocycles. The zero-order chi connectivity index (χ0) is 18.7. The van der Waals surface area contributed by atoms with Crippen molar-refractivity contribution in [3.8, 4) is 0 Å². The van der Waals surface area contributed by atoms with Crippen molar-refractivity contribution in [2.45, 2.75) is 38.5 Å². The van der Waals surface area contributed by atoms with Crippen molar-refractivity contribution >= 4 is 17.8 Å². The van der Waals surface area contributed by atoms with Crippen molar-refractivity contribution in [2.75, 3.05) is 26.7 Å². The Morgan fingerprint density at radius 2 is 1.77 bits per heavy atom. The lowest BCUT2D eigenvalue weighted by Gasteiger charge is -2.31. The molecule has 0 bridgehead atoms. The van der Waals surface area contributed by atoms with E-state index in [1.165, 1.54) is 22.4 Å². The van der Waals surface area contributed by atoms with Crippen molar-refractivity contribution < 1.29 is 19.5 Å². The number of benzene rings is 1. The predicted octanol–water partition coefficient (Wildman–Crippen LogP) is 1.96. The third-order valence-corrected chi connectivity index (χ3v) is 5.51. The van der Waals surface area contributed by atoms with Crippen molar-refractivity contribution in [3.05, 3.63) is 34.9 Å². The van der Waals surface area contributed by atoms with Gasteiger partial charge < -0.3 is 14.9 Å². The third-order valence-electron chi connectivity index (χ3n) is 5.51. The molecule has 26 heavy (non-hydrogen) atoms. The number of hydrogen-bond donors (Lipinski definition) is 1. The van der Waals surface area contributed by atoms with E-state index in [4.69, 9.17) is 5.11 Å². The molecule has 140 valence electrons. The fraction of sp³-hybridized carbons (Fsp3) is 0.550.